The van der Waals surface area contributed by atoms with Gasteiger partial charge in [0.05, 0.1) is 11.1 Å². The Hall–Kier alpha value is -3.43. The topological polar surface area (TPSA) is 30.7 Å². The fourth-order valence-corrected chi connectivity index (χ4v) is 3.70. The molecule has 0 aliphatic heterocycles. The van der Waals surface area contributed by atoms with E-state index < -0.39 is 0 Å². The molecule has 0 bridgehead atoms. The molecule has 0 saturated carbocycles. The molecule has 0 amide bonds. The Bertz CT molecular complexity index is 1290. The van der Waals surface area contributed by atoms with Gasteiger partial charge >= 0.3 is 0 Å². The number of para-hydroxylation sites is 1. The van der Waals surface area contributed by atoms with E-state index in [-0.39, 0.29) is 0 Å². The van der Waals surface area contributed by atoms with Crippen LogP contribution in [0.1, 0.15) is 5.56 Å². The van der Waals surface area contributed by atoms with Crippen LogP contribution in [0.25, 0.3) is 39.1 Å². The molecular weight excluding hydrogens is 378 g/mol. The van der Waals surface area contributed by atoms with Crippen molar-refractivity contribution in [1.82, 2.24) is 14.8 Å². The second-order valence-electron chi connectivity index (χ2n) is 7.03. The van der Waals surface area contributed by atoms with Gasteiger partial charge in [-0.05, 0) is 48.4 Å². The molecule has 3 aromatic carbocycles. The van der Waals surface area contributed by atoms with Crippen LogP contribution in [0.2, 0.25) is 5.02 Å². The molecule has 2 heterocycles. The van der Waals surface area contributed by atoms with Crippen molar-refractivity contribution in [1.29, 1.82) is 0 Å². The third kappa shape index (κ3) is 3.20. The van der Waals surface area contributed by atoms with E-state index >= 15 is 0 Å². The van der Waals surface area contributed by atoms with Gasteiger partial charge < -0.3 is 0 Å². The fourth-order valence-electron chi connectivity index (χ4n) is 3.57. The Morgan fingerprint density at radius 1 is 0.759 bits per heavy atom. The van der Waals surface area contributed by atoms with Crippen LogP contribution in [-0.2, 0) is 0 Å². The monoisotopic (exact) mass is 395 g/mol. The molecule has 0 aliphatic rings. The quantitative estimate of drug-likeness (QED) is 0.339. The van der Waals surface area contributed by atoms with E-state index in [1.54, 1.807) is 0 Å². The summed E-state index contributed by atoms with van der Waals surface area (Å²) in [5.74, 6) is 0. The number of halogens is 1. The molecule has 0 spiro atoms. The van der Waals surface area contributed by atoms with Gasteiger partial charge in [0.15, 0.2) is 5.65 Å². The first-order valence-corrected chi connectivity index (χ1v) is 9.84. The number of benzene rings is 3. The van der Waals surface area contributed by atoms with Crippen LogP contribution >= 0.6 is 11.6 Å². The molecule has 0 atom stereocenters. The highest BCUT2D eigenvalue weighted by Crippen LogP contribution is 2.36. The molecular formula is C25H18ClN3. The lowest BCUT2D eigenvalue weighted by atomic mass is 9.99. The second kappa shape index (κ2) is 7.19. The standard InChI is InChI=1S/C25H18ClN3/c1-17-7-9-18(10-8-17)22-15-16-27-25-23(22)24(19-11-13-20(26)14-12-19)28-29(25)21-5-3-2-4-6-21/h2-16H,1H3. The first-order valence-electron chi connectivity index (χ1n) is 9.47. The van der Waals surface area contributed by atoms with Crippen molar-refractivity contribution in [2.75, 3.05) is 0 Å². The molecule has 5 aromatic rings. The Morgan fingerprint density at radius 3 is 2.17 bits per heavy atom. The number of aromatic nitrogens is 3. The zero-order valence-electron chi connectivity index (χ0n) is 15.9. The first kappa shape index (κ1) is 17.7. The van der Waals surface area contributed by atoms with E-state index in [4.69, 9.17) is 21.7 Å². The molecule has 2 aromatic heterocycles. The van der Waals surface area contributed by atoms with Gasteiger partial charge in [0.1, 0.15) is 5.69 Å². The lowest BCUT2D eigenvalue weighted by Gasteiger charge is -2.06. The van der Waals surface area contributed by atoms with E-state index in [1.165, 1.54) is 5.56 Å². The SMILES string of the molecule is Cc1ccc(-c2ccnc3c2c(-c2ccc(Cl)cc2)nn3-c2ccccc2)cc1. The molecule has 0 unspecified atom stereocenters. The third-order valence-electron chi connectivity index (χ3n) is 5.05. The van der Waals surface area contributed by atoms with Gasteiger partial charge in [-0.3, -0.25) is 0 Å². The highest BCUT2D eigenvalue weighted by atomic mass is 35.5. The van der Waals surface area contributed by atoms with Crippen LogP contribution in [0.15, 0.2) is 91.1 Å². The summed E-state index contributed by atoms with van der Waals surface area (Å²) < 4.78 is 1.91. The van der Waals surface area contributed by atoms with Crippen molar-refractivity contribution < 1.29 is 0 Å². The van der Waals surface area contributed by atoms with E-state index in [2.05, 4.69) is 37.3 Å². The lowest BCUT2D eigenvalue weighted by molar-refractivity contribution is 0.901. The van der Waals surface area contributed by atoms with Gasteiger partial charge in [0.2, 0.25) is 0 Å². The van der Waals surface area contributed by atoms with Crippen LogP contribution in [-0.4, -0.2) is 14.8 Å². The lowest BCUT2D eigenvalue weighted by Crippen LogP contribution is -1.97. The largest absolute Gasteiger partial charge is 0.236 e. The third-order valence-corrected chi connectivity index (χ3v) is 5.30. The summed E-state index contributed by atoms with van der Waals surface area (Å²) in [6.07, 6.45) is 1.85. The molecule has 4 heteroatoms. The number of hydrogen-bond acceptors (Lipinski definition) is 2. The molecule has 140 valence electrons. The Balaban J connectivity index is 1.84. The zero-order valence-corrected chi connectivity index (χ0v) is 16.6. The van der Waals surface area contributed by atoms with Crippen LogP contribution in [0, 0.1) is 6.92 Å². The van der Waals surface area contributed by atoms with Crippen LogP contribution in [0.3, 0.4) is 0 Å². The first-order chi connectivity index (χ1) is 14.2. The Labute approximate surface area is 174 Å². The minimum absolute atomic E-state index is 0.706. The number of aryl methyl sites for hydroxylation is 1. The predicted octanol–water partition coefficient (Wildman–Crippen LogP) is 6.72. The van der Waals surface area contributed by atoms with Crippen molar-refractivity contribution in [2.24, 2.45) is 0 Å². The van der Waals surface area contributed by atoms with Crippen molar-refractivity contribution in [3.8, 4) is 28.1 Å². The summed E-state index contributed by atoms with van der Waals surface area (Å²) in [4.78, 5) is 4.70. The van der Waals surface area contributed by atoms with E-state index in [1.807, 2.05) is 65.5 Å². The zero-order chi connectivity index (χ0) is 19.8. The minimum Gasteiger partial charge on any atom is -0.236 e. The minimum atomic E-state index is 0.706. The summed E-state index contributed by atoms with van der Waals surface area (Å²) in [6, 6.07) is 28.5. The number of nitrogens with zero attached hydrogens (tertiary/aromatic N) is 3. The molecule has 0 saturated heterocycles. The van der Waals surface area contributed by atoms with Crippen molar-refractivity contribution in [3.05, 3.63) is 102 Å². The predicted molar refractivity (Wildman–Crippen MR) is 119 cm³/mol. The highest BCUT2D eigenvalue weighted by molar-refractivity contribution is 6.30. The summed E-state index contributed by atoms with van der Waals surface area (Å²) >= 11 is 6.12. The van der Waals surface area contributed by atoms with Crippen LogP contribution in [0.4, 0.5) is 0 Å². The summed E-state index contributed by atoms with van der Waals surface area (Å²) in [6.45, 7) is 2.10. The van der Waals surface area contributed by atoms with Gasteiger partial charge in [-0.2, -0.15) is 5.10 Å². The molecule has 29 heavy (non-hydrogen) atoms. The van der Waals surface area contributed by atoms with Crippen molar-refractivity contribution in [3.63, 3.8) is 0 Å². The number of hydrogen-bond donors (Lipinski definition) is 0. The molecule has 3 nitrogen and oxygen atoms in total. The Kier molecular flexibility index (Phi) is 4.38. The van der Waals surface area contributed by atoms with Crippen LogP contribution < -0.4 is 0 Å². The van der Waals surface area contributed by atoms with Gasteiger partial charge in [0, 0.05) is 16.8 Å². The van der Waals surface area contributed by atoms with E-state index in [0.717, 1.165) is 39.1 Å². The van der Waals surface area contributed by atoms with Gasteiger partial charge in [0.25, 0.3) is 0 Å². The average molecular weight is 396 g/mol. The molecule has 0 radical (unpaired) electrons. The fraction of sp³-hybridized carbons (Fsp3) is 0.0400. The summed E-state index contributed by atoms with van der Waals surface area (Å²) in [5.41, 5.74) is 7.20. The smallest absolute Gasteiger partial charge is 0.164 e. The summed E-state index contributed by atoms with van der Waals surface area (Å²) in [5, 5.41) is 6.71. The molecule has 0 N–H and O–H groups in total. The van der Waals surface area contributed by atoms with E-state index in [9.17, 15) is 0 Å². The maximum absolute atomic E-state index is 6.12. The average Bonchev–Trinajstić information content (AvgIpc) is 3.15. The van der Waals surface area contributed by atoms with Gasteiger partial charge in [-0.15, -0.1) is 0 Å². The number of pyridine rings is 1. The van der Waals surface area contributed by atoms with E-state index in [0.29, 0.717) is 5.02 Å². The molecule has 0 aliphatic carbocycles. The number of fused-ring (bicyclic) bond motifs is 1. The Morgan fingerprint density at radius 2 is 1.45 bits per heavy atom. The van der Waals surface area contributed by atoms with Gasteiger partial charge in [-0.25, -0.2) is 9.67 Å². The van der Waals surface area contributed by atoms with Crippen molar-refractivity contribution >= 4 is 22.6 Å². The highest BCUT2D eigenvalue weighted by Gasteiger charge is 2.18. The molecule has 0 fully saturated rings. The van der Waals surface area contributed by atoms with Crippen LogP contribution in [0.5, 0.6) is 0 Å². The number of rotatable bonds is 3. The maximum atomic E-state index is 6.12. The van der Waals surface area contributed by atoms with Gasteiger partial charge in [-0.1, -0.05) is 71.8 Å². The second-order valence-corrected chi connectivity index (χ2v) is 7.46. The molecule has 5 rings (SSSR count). The normalized spacial score (nSPS) is 11.1. The maximum Gasteiger partial charge on any atom is 0.164 e. The summed E-state index contributed by atoms with van der Waals surface area (Å²) in [7, 11) is 0. The van der Waals surface area contributed by atoms with Crippen molar-refractivity contribution in [2.45, 2.75) is 6.92 Å².